The lowest BCUT2D eigenvalue weighted by Crippen LogP contribution is -2.24. The van der Waals surface area contributed by atoms with Gasteiger partial charge in [0.2, 0.25) is 0 Å². The van der Waals surface area contributed by atoms with Crippen molar-refractivity contribution in [2.75, 3.05) is 5.73 Å². The van der Waals surface area contributed by atoms with Gasteiger partial charge >= 0.3 is 0 Å². The summed E-state index contributed by atoms with van der Waals surface area (Å²) in [7, 11) is 0. The average Bonchev–Trinajstić information content (AvgIpc) is 2.63. The number of hydrogen-bond donors (Lipinski definition) is 1. The van der Waals surface area contributed by atoms with Crippen LogP contribution in [0.1, 0.15) is 44.6 Å². The lowest BCUT2D eigenvalue weighted by Gasteiger charge is -2.25. The molecule has 0 radical (unpaired) electrons. The van der Waals surface area contributed by atoms with E-state index in [1.807, 2.05) is 19.2 Å². The Morgan fingerprint density at radius 3 is 2.56 bits per heavy atom. The second kappa shape index (κ2) is 3.06. The molecule has 3 heterocycles. The minimum atomic E-state index is -0.355. The molecule has 1 aliphatic heterocycles. The number of nitrogen functional groups attached to an aromatic ring is 1. The van der Waals surface area contributed by atoms with Crippen LogP contribution >= 0.6 is 0 Å². The number of nitrogens with zero attached hydrogens (tertiary/aromatic N) is 2. The quantitative estimate of drug-likeness (QED) is 0.776. The summed E-state index contributed by atoms with van der Waals surface area (Å²) in [5.41, 5.74) is 10.2. The fourth-order valence-corrected chi connectivity index (χ4v) is 3.07. The summed E-state index contributed by atoms with van der Waals surface area (Å²) in [6.45, 7) is 10.3. The first-order chi connectivity index (χ1) is 8.22. The van der Waals surface area contributed by atoms with Crippen molar-refractivity contribution in [2.45, 2.75) is 45.8 Å². The van der Waals surface area contributed by atoms with Gasteiger partial charge in [0.05, 0.1) is 11.4 Å². The molecule has 0 saturated heterocycles. The van der Waals surface area contributed by atoms with E-state index < -0.39 is 0 Å². The maximum absolute atomic E-state index is 6.11. The molecule has 4 nitrogen and oxygen atoms in total. The van der Waals surface area contributed by atoms with E-state index in [9.17, 15) is 0 Å². The van der Waals surface area contributed by atoms with E-state index in [2.05, 4.69) is 32.1 Å². The fraction of sp³-hybridized carbons (Fsp3) is 0.500. The highest BCUT2D eigenvalue weighted by molar-refractivity contribution is 5.58. The Morgan fingerprint density at radius 2 is 1.89 bits per heavy atom. The molecule has 3 rings (SSSR count). The van der Waals surface area contributed by atoms with Gasteiger partial charge in [0.15, 0.2) is 0 Å². The minimum Gasteiger partial charge on any atom is -0.398 e. The van der Waals surface area contributed by atoms with Gasteiger partial charge < -0.3 is 10.5 Å². The van der Waals surface area contributed by atoms with E-state index in [0.29, 0.717) is 0 Å². The molecule has 2 aromatic heterocycles. The van der Waals surface area contributed by atoms with Crippen molar-refractivity contribution in [1.29, 1.82) is 0 Å². The third-order valence-corrected chi connectivity index (χ3v) is 3.58. The van der Waals surface area contributed by atoms with Crippen molar-refractivity contribution < 1.29 is 4.74 Å². The molecule has 0 fully saturated rings. The van der Waals surface area contributed by atoms with E-state index in [1.165, 1.54) is 0 Å². The van der Waals surface area contributed by atoms with Crippen molar-refractivity contribution in [1.82, 2.24) is 9.38 Å². The van der Waals surface area contributed by atoms with Gasteiger partial charge in [-0.3, -0.25) is 4.40 Å². The first kappa shape index (κ1) is 11.5. The molecule has 2 N–H and O–H groups in total. The highest BCUT2D eigenvalue weighted by atomic mass is 16.5. The van der Waals surface area contributed by atoms with Gasteiger partial charge in [-0.25, -0.2) is 4.98 Å². The van der Waals surface area contributed by atoms with Gasteiger partial charge in [-0.15, -0.1) is 0 Å². The zero-order valence-electron chi connectivity index (χ0n) is 11.5. The predicted molar refractivity (Wildman–Crippen MR) is 71.5 cm³/mol. The van der Waals surface area contributed by atoms with Gasteiger partial charge in [-0.1, -0.05) is 0 Å². The topological polar surface area (TPSA) is 52.5 Å². The van der Waals surface area contributed by atoms with E-state index in [-0.39, 0.29) is 11.2 Å². The summed E-state index contributed by atoms with van der Waals surface area (Å²) in [6.07, 6.45) is 1.93. The van der Waals surface area contributed by atoms with Crippen molar-refractivity contribution in [3.05, 3.63) is 29.2 Å². The zero-order chi connectivity index (χ0) is 13.3. The van der Waals surface area contributed by atoms with E-state index in [4.69, 9.17) is 15.5 Å². The van der Waals surface area contributed by atoms with E-state index in [0.717, 1.165) is 28.3 Å². The molecular formula is C14H19N3O. The maximum atomic E-state index is 6.11. The maximum Gasteiger partial charge on any atom is 0.140 e. The van der Waals surface area contributed by atoms with Crippen LogP contribution in [-0.4, -0.2) is 9.38 Å². The molecule has 1 aliphatic rings. The molecular weight excluding hydrogens is 226 g/mol. The monoisotopic (exact) mass is 245 g/mol. The van der Waals surface area contributed by atoms with Crippen LogP contribution < -0.4 is 5.73 Å². The van der Waals surface area contributed by atoms with Crippen LogP contribution in [0.25, 0.3) is 5.65 Å². The van der Waals surface area contributed by atoms with E-state index in [1.54, 1.807) is 0 Å². The van der Waals surface area contributed by atoms with Crippen LogP contribution in [0.2, 0.25) is 0 Å². The molecule has 2 aromatic rings. The molecule has 0 aliphatic carbocycles. The van der Waals surface area contributed by atoms with Crippen molar-refractivity contribution >= 4 is 11.3 Å². The summed E-state index contributed by atoms with van der Waals surface area (Å²) in [4.78, 5) is 4.76. The van der Waals surface area contributed by atoms with Crippen LogP contribution in [0.15, 0.2) is 12.3 Å². The Hall–Kier alpha value is -1.55. The third kappa shape index (κ3) is 1.32. The SMILES string of the molecule is Cc1cc(N)cn2c3c(nc12)C(C)(C)OC3(C)C. The number of hydrogen-bond acceptors (Lipinski definition) is 3. The normalized spacial score (nSPS) is 20.3. The average molecular weight is 245 g/mol. The minimum absolute atomic E-state index is 0.349. The molecule has 0 saturated carbocycles. The number of imidazole rings is 1. The molecule has 18 heavy (non-hydrogen) atoms. The number of ether oxygens (including phenoxy) is 1. The summed E-state index contributed by atoms with van der Waals surface area (Å²) >= 11 is 0. The van der Waals surface area contributed by atoms with Gasteiger partial charge in [-0.2, -0.15) is 0 Å². The number of fused-ring (bicyclic) bond motifs is 3. The molecule has 96 valence electrons. The molecule has 0 aromatic carbocycles. The lowest BCUT2D eigenvalue weighted by molar-refractivity contribution is -0.108. The zero-order valence-corrected chi connectivity index (χ0v) is 11.5. The van der Waals surface area contributed by atoms with Crippen molar-refractivity contribution in [3.8, 4) is 0 Å². The molecule has 4 heteroatoms. The van der Waals surface area contributed by atoms with Crippen molar-refractivity contribution in [2.24, 2.45) is 0 Å². The number of pyridine rings is 1. The standard InChI is InChI=1S/C14H19N3O/c1-8-6-9(15)7-17-11-10(16-12(8)17)13(2,3)18-14(11,4)5/h6-7H,15H2,1-5H3. The fourth-order valence-electron chi connectivity index (χ4n) is 3.07. The number of rotatable bonds is 0. The number of nitrogens with two attached hydrogens (primary N) is 1. The molecule has 0 bridgehead atoms. The summed E-state index contributed by atoms with van der Waals surface area (Å²) in [6, 6.07) is 1.96. The predicted octanol–water partition coefficient (Wildman–Crippen LogP) is 2.73. The third-order valence-electron chi connectivity index (χ3n) is 3.58. The number of anilines is 1. The molecule has 0 amide bonds. The Morgan fingerprint density at radius 1 is 1.22 bits per heavy atom. The largest absolute Gasteiger partial charge is 0.398 e. The Kier molecular flexibility index (Phi) is 1.96. The summed E-state index contributed by atoms with van der Waals surface area (Å²) in [5.74, 6) is 0. The Balaban J connectivity index is 2.46. The van der Waals surface area contributed by atoms with Crippen LogP contribution in [0.4, 0.5) is 5.69 Å². The summed E-state index contributed by atoms with van der Waals surface area (Å²) < 4.78 is 8.19. The highest BCUT2D eigenvalue weighted by Crippen LogP contribution is 2.46. The number of aryl methyl sites for hydroxylation is 1. The second-order valence-electron chi connectivity index (χ2n) is 6.08. The smallest absolute Gasteiger partial charge is 0.140 e. The van der Waals surface area contributed by atoms with Crippen LogP contribution in [0, 0.1) is 6.92 Å². The van der Waals surface area contributed by atoms with Gasteiger partial charge in [0.25, 0.3) is 0 Å². The molecule has 0 spiro atoms. The van der Waals surface area contributed by atoms with Gasteiger partial charge in [0, 0.05) is 11.9 Å². The highest BCUT2D eigenvalue weighted by Gasteiger charge is 2.47. The first-order valence-electron chi connectivity index (χ1n) is 6.22. The lowest BCUT2D eigenvalue weighted by atomic mass is 10.0. The Bertz CT molecular complexity index is 653. The number of aromatic nitrogens is 2. The van der Waals surface area contributed by atoms with E-state index >= 15 is 0 Å². The van der Waals surface area contributed by atoms with Crippen LogP contribution in [0.3, 0.4) is 0 Å². The molecule has 0 unspecified atom stereocenters. The van der Waals surface area contributed by atoms with Crippen LogP contribution in [0.5, 0.6) is 0 Å². The first-order valence-corrected chi connectivity index (χ1v) is 6.22. The Labute approximate surface area is 107 Å². The molecule has 0 atom stereocenters. The van der Waals surface area contributed by atoms with Crippen molar-refractivity contribution in [3.63, 3.8) is 0 Å². The van der Waals surface area contributed by atoms with Gasteiger partial charge in [-0.05, 0) is 46.2 Å². The van der Waals surface area contributed by atoms with Crippen LogP contribution in [-0.2, 0) is 15.9 Å². The van der Waals surface area contributed by atoms with Gasteiger partial charge in [0.1, 0.15) is 16.8 Å². The second-order valence-corrected chi connectivity index (χ2v) is 6.08. The summed E-state index contributed by atoms with van der Waals surface area (Å²) in [5, 5.41) is 0.